The Balaban J connectivity index is 1.37. The van der Waals surface area contributed by atoms with E-state index >= 15 is 0 Å². The highest BCUT2D eigenvalue weighted by Gasteiger charge is 2.53. The van der Waals surface area contributed by atoms with Gasteiger partial charge in [0.2, 0.25) is 17.6 Å². The Kier molecular flexibility index (Phi) is 4.24. The molecule has 6 nitrogen and oxygen atoms in total. The Morgan fingerprint density at radius 3 is 2.89 bits per heavy atom. The Hall–Kier alpha value is -2.54. The van der Waals surface area contributed by atoms with Gasteiger partial charge in [0.15, 0.2) is 0 Å². The zero-order chi connectivity index (χ0) is 18.2. The fourth-order valence-corrected chi connectivity index (χ4v) is 5.28. The lowest BCUT2D eigenvalue weighted by Crippen LogP contribution is -2.37. The number of thiazole rings is 1. The molecule has 0 radical (unpaired) electrons. The van der Waals surface area contributed by atoms with Crippen molar-refractivity contribution in [3.63, 3.8) is 0 Å². The summed E-state index contributed by atoms with van der Waals surface area (Å²) in [7, 11) is 0. The monoisotopic (exact) mass is 380 g/mol. The third kappa shape index (κ3) is 3.06. The number of hydrogen-bond donors (Lipinski definition) is 1. The molecule has 2 aliphatic rings. The smallest absolute Gasteiger partial charge is 0.231 e. The van der Waals surface area contributed by atoms with Gasteiger partial charge >= 0.3 is 0 Å². The predicted molar refractivity (Wildman–Crippen MR) is 101 cm³/mol. The number of carbonyl (C=O) groups excluding carboxylic acids is 1. The van der Waals surface area contributed by atoms with E-state index < -0.39 is 0 Å². The average molecular weight is 380 g/mol. The molecule has 2 aliphatic carbocycles. The SMILES string of the molecule is O=C(NCc1nccs1)[C@H]1[C@H]2CC[C@H](C2)[C@@H]1c1nc(-c2ccccc2)no1. The van der Waals surface area contributed by atoms with Crippen molar-refractivity contribution >= 4 is 17.2 Å². The minimum atomic E-state index is -0.0900. The van der Waals surface area contributed by atoms with Gasteiger partial charge in [0.25, 0.3) is 0 Å². The number of benzene rings is 1. The Morgan fingerprint density at radius 2 is 2.07 bits per heavy atom. The van der Waals surface area contributed by atoms with Crippen LogP contribution in [0.15, 0.2) is 46.4 Å². The third-order valence-electron chi connectivity index (χ3n) is 5.88. The first kappa shape index (κ1) is 16.6. The van der Waals surface area contributed by atoms with Crippen LogP contribution in [0.2, 0.25) is 0 Å². The first-order chi connectivity index (χ1) is 13.3. The first-order valence-corrected chi connectivity index (χ1v) is 10.2. The van der Waals surface area contributed by atoms with Crippen LogP contribution in [0.5, 0.6) is 0 Å². The molecule has 27 heavy (non-hydrogen) atoms. The topological polar surface area (TPSA) is 80.9 Å². The molecule has 2 fully saturated rings. The standard InChI is InChI=1S/C20H20N4O2S/c25-19(22-11-15-21-8-9-27-15)16-13-6-7-14(10-13)17(16)20-23-18(24-26-20)12-4-2-1-3-5-12/h1-5,8-9,13-14,16-17H,6-7,10-11H2,(H,22,25)/t13-,14+,16-,17-/m0/s1. The molecule has 2 bridgehead atoms. The maximum atomic E-state index is 13.0. The Bertz CT molecular complexity index is 925. The van der Waals surface area contributed by atoms with E-state index in [-0.39, 0.29) is 17.7 Å². The van der Waals surface area contributed by atoms with Crippen molar-refractivity contribution in [2.75, 3.05) is 0 Å². The average Bonchev–Trinajstić information content (AvgIpc) is 3.50. The molecule has 0 spiro atoms. The van der Waals surface area contributed by atoms with Crippen LogP contribution in [-0.4, -0.2) is 21.0 Å². The van der Waals surface area contributed by atoms with Crippen LogP contribution >= 0.6 is 11.3 Å². The Morgan fingerprint density at radius 1 is 1.22 bits per heavy atom. The molecule has 7 heteroatoms. The molecule has 4 atom stereocenters. The van der Waals surface area contributed by atoms with Crippen molar-refractivity contribution in [1.82, 2.24) is 20.4 Å². The summed E-state index contributed by atoms with van der Waals surface area (Å²) in [6, 6.07) is 9.81. The van der Waals surface area contributed by atoms with E-state index in [0.29, 0.717) is 30.1 Å². The number of hydrogen-bond acceptors (Lipinski definition) is 6. The zero-order valence-corrected chi connectivity index (χ0v) is 15.6. The lowest BCUT2D eigenvalue weighted by atomic mass is 9.78. The number of nitrogens with one attached hydrogen (secondary N) is 1. The van der Waals surface area contributed by atoms with Crippen molar-refractivity contribution in [2.24, 2.45) is 17.8 Å². The van der Waals surface area contributed by atoms with Crippen LogP contribution in [0.3, 0.4) is 0 Å². The van der Waals surface area contributed by atoms with Gasteiger partial charge < -0.3 is 9.84 Å². The summed E-state index contributed by atoms with van der Waals surface area (Å²) in [4.78, 5) is 21.9. The number of carbonyl (C=O) groups is 1. The van der Waals surface area contributed by atoms with E-state index in [4.69, 9.17) is 4.52 Å². The molecule has 0 saturated heterocycles. The molecule has 1 N–H and O–H groups in total. The van der Waals surface area contributed by atoms with Gasteiger partial charge in [-0.3, -0.25) is 4.79 Å². The van der Waals surface area contributed by atoms with E-state index in [9.17, 15) is 4.79 Å². The second-order valence-electron chi connectivity index (χ2n) is 7.35. The molecule has 1 aromatic carbocycles. The van der Waals surface area contributed by atoms with Crippen LogP contribution in [0.25, 0.3) is 11.4 Å². The van der Waals surface area contributed by atoms with Crippen LogP contribution in [-0.2, 0) is 11.3 Å². The van der Waals surface area contributed by atoms with Crippen molar-refractivity contribution in [3.05, 3.63) is 52.8 Å². The van der Waals surface area contributed by atoms with Crippen LogP contribution in [0.4, 0.5) is 0 Å². The van der Waals surface area contributed by atoms with Gasteiger partial charge in [-0.25, -0.2) is 4.98 Å². The van der Waals surface area contributed by atoms with Gasteiger partial charge in [-0.2, -0.15) is 4.98 Å². The highest BCUT2D eigenvalue weighted by Crippen LogP contribution is 2.56. The highest BCUT2D eigenvalue weighted by atomic mass is 32.1. The molecule has 138 valence electrons. The fraction of sp³-hybridized carbons (Fsp3) is 0.400. The minimum Gasteiger partial charge on any atom is -0.349 e. The van der Waals surface area contributed by atoms with E-state index in [1.165, 1.54) is 0 Å². The van der Waals surface area contributed by atoms with E-state index in [0.717, 1.165) is 29.8 Å². The lowest BCUT2D eigenvalue weighted by molar-refractivity contribution is -0.127. The minimum absolute atomic E-state index is 0.0185. The maximum Gasteiger partial charge on any atom is 0.231 e. The summed E-state index contributed by atoms with van der Waals surface area (Å²) < 4.78 is 5.64. The predicted octanol–water partition coefficient (Wildman–Crippen LogP) is 3.64. The zero-order valence-electron chi connectivity index (χ0n) is 14.7. The summed E-state index contributed by atoms with van der Waals surface area (Å²) in [5.41, 5.74) is 0.931. The Labute approximate surface area is 161 Å². The molecular formula is C20H20N4O2S. The molecular weight excluding hydrogens is 360 g/mol. The van der Waals surface area contributed by atoms with Gasteiger partial charge in [-0.05, 0) is 31.1 Å². The van der Waals surface area contributed by atoms with E-state index in [2.05, 4.69) is 20.4 Å². The largest absolute Gasteiger partial charge is 0.349 e. The van der Waals surface area contributed by atoms with Crippen molar-refractivity contribution in [1.29, 1.82) is 0 Å². The number of amides is 1. The summed E-state index contributed by atoms with van der Waals surface area (Å²) in [6.45, 7) is 0.482. The normalized spacial score (nSPS) is 26.4. The lowest BCUT2D eigenvalue weighted by Gasteiger charge is -2.27. The van der Waals surface area contributed by atoms with Crippen molar-refractivity contribution in [2.45, 2.75) is 31.7 Å². The van der Waals surface area contributed by atoms with Gasteiger partial charge in [-0.1, -0.05) is 35.5 Å². The number of fused-ring (bicyclic) bond motifs is 2. The number of rotatable bonds is 5. The molecule has 5 rings (SSSR count). The molecule has 2 aromatic heterocycles. The summed E-state index contributed by atoms with van der Waals surface area (Å²) in [6.07, 6.45) is 5.07. The first-order valence-electron chi connectivity index (χ1n) is 9.34. The second-order valence-corrected chi connectivity index (χ2v) is 8.33. The van der Waals surface area contributed by atoms with Crippen LogP contribution < -0.4 is 5.32 Å². The van der Waals surface area contributed by atoms with Crippen molar-refractivity contribution in [3.8, 4) is 11.4 Å². The molecule has 2 heterocycles. The van der Waals surface area contributed by atoms with Gasteiger partial charge in [0.1, 0.15) is 5.01 Å². The second kappa shape index (κ2) is 6.88. The van der Waals surface area contributed by atoms with Crippen molar-refractivity contribution < 1.29 is 9.32 Å². The van der Waals surface area contributed by atoms with Crippen LogP contribution in [0.1, 0.15) is 36.1 Å². The number of nitrogens with zero attached hydrogens (tertiary/aromatic N) is 3. The van der Waals surface area contributed by atoms with E-state index in [1.54, 1.807) is 17.5 Å². The summed E-state index contributed by atoms with van der Waals surface area (Å²) in [5.74, 6) is 2.07. The molecule has 0 aliphatic heterocycles. The molecule has 0 unspecified atom stereocenters. The number of aromatic nitrogens is 3. The fourth-order valence-electron chi connectivity index (χ4n) is 4.72. The molecule has 3 aromatic rings. The maximum absolute atomic E-state index is 13.0. The molecule has 2 saturated carbocycles. The molecule has 1 amide bonds. The third-order valence-corrected chi connectivity index (χ3v) is 6.65. The summed E-state index contributed by atoms with van der Waals surface area (Å²) >= 11 is 1.55. The quantitative estimate of drug-likeness (QED) is 0.731. The van der Waals surface area contributed by atoms with Crippen LogP contribution in [0, 0.1) is 17.8 Å². The van der Waals surface area contributed by atoms with Gasteiger partial charge in [0.05, 0.1) is 18.4 Å². The highest BCUT2D eigenvalue weighted by molar-refractivity contribution is 7.09. The van der Waals surface area contributed by atoms with Gasteiger partial charge in [-0.15, -0.1) is 11.3 Å². The van der Waals surface area contributed by atoms with E-state index in [1.807, 2.05) is 35.7 Å². The van der Waals surface area contributed by atoms with Gasteiger partial charge in [0, 0.05) is 17.1 Å². The summed E-state index contributed by atoms with van der Waals surface area (Å²) in [5, 5.41) is 10.1.